The van der Waals surface area contributed by atoms with Gasteiger partial charge in [0.2, 0.25) is 0 Å². The van der Waals surface area contributed by atoms with Gasteiger partial charge in [-0.3, -0.25) is 0 Å². The van der Waals surface area contributed by atoms with Crippen LogP contribution in [0.25, 0.3) is 0 Å². The minimum absolute atomic E-state index is 0.253. The molecule has 3 nitrogen and oxygen atoms in total. The van der Waals surface area contributed by atoms with E-state index in [1.165, 1.54) is 17.3 Å². The van der Waals surface area contributed by atoms with E-state index in [4.69, 9.17) is 5.11 Å². The van der Waals surface area contributed by atoms with Gasteiger partial charge >= 0.3 is 5.97 Å². The van der Waals surface area contributed by atoms with Gasteiger partial charge in [0.15, 0.2) is 0 Å². The largest absolute Gasteiger partial charge is 0.478 e. The SMILES string of the molecule is Cc1ccc(Sc2ccc(C(=O)O)c(C)n2)cc1. The van der Waals surface area contributed by atoms with E-state index in [1.54, 1.807) is 19.1 Å². The minimum Gasteiger partial charge on any atom is -0.478 e. The first-order valence-corrected chi connectivity index (χ1v) is 6.33. The second-order valence-electron chi connectivity index (χ2n) is 4.00. The fourth-order valence-corrected chi connectivity index (χ4v) is 2.38. The number of rotatable bonds is 3. The number of carboxylic acid groups (broad SMARTS) is 1. The molecule has 0 saturated carbocycles. The van der Waals surface area contributed by atoms with Crippen LogP contribution in [0.15, 0.2) is 46.3 Å². The predicted octanol–water partition coefficient (Wildman–Crippen LogP) is 3.55. The number of hydrogen-bond acceptors (Lipinski definition) is 3. The summed E-state index contributed by atoms with van der Waals surface area (Å²) in [4.78, 5) is 16.3. The van der Waals surface area contributed by atoms with Crippen molar-refractivity contribution in [1.82, 2.24) is 4.98 Å². The molecule has 0 saturated heterocycles. The van der Waals surface area contributed by atoms with E-state index in [0.29, 0.717) is 5.69 Å². The highest BCUT2D eigenvalue weighted by Gasteiger charge is 2.09. The van der Waals surface area contributed by atoms with Crippen LogP contribution in [0.3, 0.4) is 0 Å². The quantitative estimate of drug-likeness (QED) is 0.915. The third-order valence-electron chi connectivity index (χ3n) is 2.53. The van der Waals surface area contributed by atoms with E-state index >= 15 is 0 Å². The van der Waals surface area contributed by atoms with Gasteiger partial charge in [0.1, 0.15) is 5.03 Å². The van der Waals surface area contributed by atoms with Gasteiger partial charge in [-0.15, -0.1) is 0 Å². The van der Waals surface area contributed by atoms with Crippen LogP contribution >= 0.6 is 11.8 Å². The van der Waals surface area contributed by atoms with Gasteiger partial charge in [-0.25, -0.2) is 9.78 Å². The van der Waals surface area contributed by atoms with Crippen LogP contribution in [0.5, 0.6) is 0 Å². The molecule has 0 aliphatic carbocycles. The number of aryl methyl sites for hydroxylation is 2. The summed E-state index contributed by atoms with van der Waals surface area (Å²) >= 11 is 1.53. The number of pyridine rings is 1. The summed E-state index contributed by atoms with van der Waals surface area (Å²) in [5, 5.41) is 9.74. The molecule has 2 rings (SSSR count). The summed E-state index contributed by atoms with van der Waals surface area (Å²) in [5.74, 6) is -0.938. The van der Waals surface area contributed by atoms with Crippen molar-refractivity contribution >= 4 is 17.7 Å². The summed E-state index contributed by atoms with van der Waals surface area (Å²) in [5.41, 5.74) is 2.01. The molecule has 0 aliphatic rings. The molecule has 1 aromatic heterocycles. The van der Waals surface area contributed by atoms with Gasteiger partial charge in [-0.2, -0.15) is 0 Å². The molecule has 0 aliphatic heterocycles. The standard InChI is InChI=1S/C14H13NO2S/c1-9-3-5-11(6-4-9)18-13-8-7-12(14(16)17)10(2)15-13/h3-8H,1-2H3,(H,16,17). The van der Waals surface area contributed by atoms with Crippen molar-refractivity contribution in [3.05, 3.63) is 53.2 Å². The van der Waals surface area contributed by atoms with Crippen molar-refractivity contribution in [2.45, 2.75) is 23.8 Å². The normalized spacial score (nSPS) is 10.3. The molecule has 2 aromatic rings. The first kappa shape index (κ1) is 12.6. The third-order valence-corrected chi connectivity index (χ3v) is 3.48. The average molecular weight is 259 g/mol. The molecule has 0 spiro atoms. The first-order valence-electron chi connectivity index (χ1n) is 5.52. The predicted molar refractivity (Wildman–Crippen MR) is 71.2 cm³/mol. The Morgan fingerprint density at radius 1 is 1.11 bits per heavy atom. The molecule has 0 amide bonds. The van der Waals surface area contributed by atoms with Gasteiger partial charge < -0.3 is 5.11 Å². The van der Waals surface area contributed by atoms with Crippen LogP contribution in [0, 0.1) is 13.8 Å². The van der Waals surface area contributed by atoms with Gasteiger partial charge in [0.05, 0.1) is 11.3 Å². The summed E-state index contributed by atoms with van der Waals surface area (Å²) < 4.78 is 0. The molecule has 0 fully saturated rings. The van der Waals surface area contributed by atoms with E-state index in [-0.39, 0.29) is 5.56 Å². The number of aromatic carboxylic acids is 1. The van der Waals surface area contributed by atoms with Crippen molar-refractivity contribution < 1.29 is 9.90 Å². The minimum atomic E-state index is -0.938. The second kappa shape index (κ2) is 5.23. The maximum atomic E-state index is 10.9. The lowest BCUT2D eigenvalue weighted by Crippen LogP contribution is -2.01. The molecule has 1 N–H and O–H groups in total. The smallest absolute Gasteiger partial charge is 0.337 e. The summed E-state index contributed by atoms with van der Waals surface area (Å²) in [6.45, 7) is 3.75. The average Bonchev–Trinajstić information content (AvgIpc) is 2.32. The number of benzene rings is 1. The maximum Gasteiger partial charge on any atom is 0.337 e. The second-order valence-corrected chi connectivity index (χ2v) is 5.10. The zero-order chi connectivity index (χ0) is 13.1. The van der Waals surface area contributed by atoms with Crippen LogP contribution in [-0.2, 0) is 0 Å². The Balaban J connectivity index is 2.22. The Bertz CT molecular complexity index is 579. The highest BCUT2D eigenvalue weighted by atomic mass is 32.2. The first-order chi connectivity index (χ1) is 8.56. The van der Waals surface area contributed by atoms with Crippen molar-refractivity contribution in [3.8, 4) is 0 Å². The lowest BCUT2D eigenvalue weighted by atomic mass is 10.2. The van der Waals surface area contributed by atoms with Gasteiger partial charge in [0.25, 0.3) is 0 Å². The summed E-state index contributed by atoms with van der Waals surface area (Å²) in [6, 6.07) is 11.5. The Morgan fingerprint density at radius 2 is 1.78 bits per heavy atom. The Hall–Kier alpha value is -1.81. The zero-order valence-corrected chi connectivity index (χ0v) is 11.0. The van der Waals surface area contributed by atoms with Crippen LogP contribution in [0.1, 0.15) is 21.6 Å². The fourth-order valence-electron chi connectivity index (χ4n) is 1.55. The fraction of sp³-hybridized carbons (Fsp3) is 0.143. The molecule has 18 heavy (non-hydrogen) atoms. The summed E-state index contributed by atoms with van der Waals surface area (Å²) in [6.07, 6.45) is 0. The van der Waals surface area contributed by atoms with Crippen LogP contribution in [-0.4, -0.2) is 16.1 Å². The third kappa shape index (κ3) is 2.90. The van der Waals surface area contributed by atoms with Crippen molar-refractivity contribution in [2.75, 3.05) is 0 Å². The topological polar surface area (TPSA) is 50.2 Å². The van der Waals surface area contributed by atoms with E-state index in [1.807, 2.05) is 31.2 Å². The molecule has 0 bridgehead atoms. The van der Waals surface area contributed by atoms with Crippen molar-refractivity contribution in [2.24, 2.45) is 0 Å². The lowest BCUT2D eigenvalue weighted by Gasteiger charge is -2.04. The summed E-state index contributed by atoms with van der Waals surface area (Å²) in [7, 11) is 0. The van der Waals surface area contributed by atoms with E-state index in [2.05, 4.69) is 4.98 Å². The van der Waals surface area contributed by atoms with E-state index in [0.717, 1.165) is 9.92 Å². The van der Waals surface area contributed by atoms with Gasteiger partial charge in [-0.1, -0.05) is 29.5 Å². The number of carboxylic acids is 1. The van der Waals surface area contributed by atoms with Gasteiger partial charge in [0, 0.05) is 4.90 Å². The van der Waals surface area contributed by atoms with Crippen molar-refractivity contribution in [3.63, 3.8) is 0 Å². The monoisotopic (exact) mass is 259 g/mol. The van der Waals surface area contributed by atoms with Crippen molar-refractivity contribution in [1.29, 1.82) is 0 Å². The highest BCUT2D eigenvalue weighted by Crippen LogP contribution is 2.26. The maximum absolute atomic E-state index is 10.9. The Kier molecular flexibility index (Phi) is 3.67. The molecule has 0 radical (unpaired) electrons. The number of carbonyl (C=O) groups is 1. The molecule has 1 aromatic carbocycles. The lowest BCUT2D eigenvalue weighted by molar-refractivity contribution is 0.0695. The zero-order valence-electron chi connectivity index (χ0n) is 10.2. The van der Waals surface area contributed by atoms with Crippen LogP contribution in [0.2, 0.25) is 0 Å². The van der Waals surface area contributed by atoms with Crippen LogP contribution in [0.4, 0.5) is 0 Å². The molecule has 4 heteroatoms. The number of hydrogen-bond donors (Lipinski definition) is 1. The molecule has 0 unspecified atom stereocenters. The highest BCUT2D eigenvalue weighted by molar-refractivity contribution is 7.99. The molecular weight excluding hydrogens is 246 g/mol. The number of nitrogens with zero attached hydrogens (tertiary/aromatic N) is 1. The molecule has 0 atom stereocenters. The molecular formula is C14H13NO2S. The number of aromatic nitrogens is 1. The molecule has 92 valence electrons. The van der Waals surface area contributed by atoms with E-state index < -0.39 is 5.97 Å². The Labute approximate surface area is 110 Å². The molecule has 1 heterocycles. The van der Waals surface area contributed by atoms with Crippen LogP contribution < -0.4 is 0 Å². The Morgan fingerprint density at radius 3 is 2.33 bits per heavy atom. The van der Waals surface area contributed by atoms with Gasteiger partial charge in [-0.05, 0) is 38.1 Å². The van der Waals surface area contributed by atoms with E-state index in [9.17, 15) is 4.79 Å².